The molecule has 1 saturated heterocycles. The van der Waals surface area contributed by atoms with Gasteiger partial charge < -0.3 is 10.2 Å². The number of rotatable bonds is 6. The van der Waals surface area contributed by atoms with Crippen molar-refractivity contribution in [3.05, 3.63) is 29.8 Å². The first-order valence-electron chi connectivity index (χ1n) is 7.97. The van der Waals surface area contributed by atoms with E-state index < -0.39 is 10.0 Å². The molecule has 6 nitrogen and oxygen atoms in total. The molecule has 1 amide bonds. The van der Waals surface area contributed by atoms with Gasteiger partial charge >= 0.3 is 0 Å². The number of hydrogen-bond acceptors (Lipinski definition) is 4. The van der Waals surface area contributed by atoms with Crippen LogP contribution in [-0.4, -0.2) is 50.9 Å². The van der Waals surface area contributed by atoms with Gasteiger partial charge in [0.25, 0.3) is 5.91 Å². The van der Waals surface area contributed by atoms with Crippen molar-refractivity contribution in [3.8, 4) is 0 Å². The highest BCUT2D eigenvalue weighted by molar-refractivity contribution is 7.89. The molecule has 1 aromatic carbocycles. The number of carbonyl (C=O) groups is 1. The van der Waals surface area contributed by atoms with Crippen molar-refractivity contribution in [1.82, 2.24) is 14.9 Å². The standard InChI is InChI=1S/C16H25N3O3S/c1-4-19-9-8-14(11-19)17-16(20)13-6-5-7-15(10-13)23(21,22)18-12(2)3/h5-7,10,12,14,18H,4,8-9,11H2,1-3H3,(H,17,20). The Labute approximate surface area is 138 Å². The maximum atomic E-state index is 12.4. The van der Waals surface area contributed by atoms with Gasteiger partial charge in [-0.15, -0.1) is 0 Å². The number of sulfonamides is 1. The molecule has 1 aliphatic rings. The van der Waals surface area contributed by atoms with E-state index in [4.69, 9.17) is 0 Å². The Kier molecular flexibility index (Phi) is 5.78. The van der Waals surface area contributed by atoms with Crippen LogP contribution in [0.4, 0.5) is 0 Å². The smallest absolute Gasteiger partial charge is 0.251 e. The summed E-state index contributed by atoms with van der Waals surface area (Å²) in [6.07, 6.45) is 0.923. The summed E-state index contributed by atoms with van der Waals surface area (Å²) in [6, 6.07) is 6.07. The van der Waals surface area contributed by atoms with Crippen LogP contribution in [0.15, 0.2) is 29.2 Å². The fraction of sp³-hybridized carbons (Fsp3) is 0.562. The van der Waals surface area contributed by atoms with Crippen molar-refractivity contribution in [1.29, 1.82) is 0 Å². The van der Waals surface area contributed by atoms with Gasteiger partial charge in [-0.2, -0.15) is 0 Å². The lowest BCUT2D eigenvalue weighted by Gasteiger charge is -2.15. The Hall–Kier alpha value is -1.44. The summed E-state index contributed by atoms with van der Waals surface area (Å²) >= 11 is 0. The molecule has 0 aromatic heterocycles. The third kappa shape index (κ3) is 4.76. The van der Waals surface area contributed by atoms with E-state index >= 15 is 0 Å². The Bertz CT molecular complexity index is 658. The van der Waals surface area contributed by atoms with Crippen molar-refractivity contribution in [2.45, 2.75) is 44.2 Å². The Morgan fingerprint density at radius 3 is 2.74 bits per heavy atom. The Morgan fingerprint density at radius 2 is 2.13 bits per heavy atom. The normalized spacial score (nSPS) is 19.2. The maximum Gasteiger partial charge on any atom is 0.251 e. The molecule has 2 rings (SSSR count). The first-order valence-corrected chi connectivity index (χ1v) is 9.45. The van der Waals surface area contributed by atoms with E-state index in [0.29, 0.717) is 5.56 Å². The summed E-state index contributed by atoms with van der Waals surface area (Å²) in [5, 5.41) is 2.98. The summed E-state index contributed by atoms with van der Waals surface area (Å²) in [4.78, 5) is 14.7. The molecular formula is C16H25N3O3S. The van der Waals surface area contributed by atoms with Gasteiger partial charge in [0.15, 0.2) is 0 Å². The second-order valence-electron chi connectivity index (χ2n) is 6.16. The number of nitrogens with zero attached hydrogens (tertiary/aromatic N) is 1. The molecule has 0 aliphatic carbocycles. The van der Waals surface area contributed by atoms with Gasteiger partial charge in [-0.3, -0.25) is 4.79 Å². The second-order valence-corrected chi connectivity index (χ2v) is 7.87. The molecule has 1 atom stereocenters. The second kappa shape index (κ2) is 7.42. The zero-order valence-electron chi connectivity index (χ0n) is 13.9. The van der Waals surface area contributed by atoms with Gasteiger partial charge in [-0.05, 0) is 45.0 Å². The van der Waals surface area contributed by atoms with Crippen LogP contribution in [0.5, 0.6) is 0 Å². The molecule has 7 heteroatoms. The molecule has 0 radical (unpaired) electrons. The van der Waals surface area contributed by atoms with Crippen molar-refractivity contribution >= 4 is 15.9 Å². The number of hydrogen-bond donors (Lipinski definition) is 2. The highest BCUT2D eigenvalue weighted by atomic mass is 32.2. The highest BCUT2D eigenvalue weighted by Crippen LogP contribution is 2.14. The zero-order chi connectivity index (χ0) is 17.0. The third-order valence-corrected chi connectivity index (χ3v) is 5.51. The average Bonchev–Trinajstić information content (AvgIpc) is 2.93. The van der Waals surface area contributed by atoms with Crippen molar-refractivity contribution in [3.63, 3.8) is 0 Å². The van der Waals surface area contributed by atoms with Gasteiger partial charge in [-0.25, -0.2) is 13.1 Å². The fourth-order valence-electron chi connectivity index (χ4n) is 2.69. The van der Waals surface area contributed by atoms with Gasteiger partial charge in [0.05, 0.1) is 4.90 Å². The molecular weight excluding hydrogens is 314 g/mol. The van der Waals surface area contributed by atoms with Crippen LogP contribution in [0.1, 0.15) is 37.6 Å². The average molecular weight is 339 g/mol. The molecule has 2 N–H and O–H groups in total. The molecule has 0 spiro atoms. The molecule has 0 saturated carbocycles. The molecule has 1 aliphatic heterocycles. The summed E-state index contributed by atoms with van der Waals surface area (Å²) in [6.45, 7) is 8.41. The summed E-state index contributed by atoms with van der Waals surface area (Å²) < 4.78 is 26.9. The number of amides is 1. The lowest BCUT2D eigenvalue weighted by molar-refractivity contribution is 0.0937. The first kappa shape index (κ1) is 17.9. The van der Waals surface area contributed by atoms with Crippen molar-refractivity contribution < 1.29 is 13.2 Å². The minimum absolute atomic E-state index is 0.112. The minimum Gasteiger partial charge on any atom is -0.348 e. The van der Waals surface area contributed by atoms with Gasteiger partial charge in [0, 0.05) is 30.7 Å². The first-order chi connectivity index (χ1) is 10.8. The number of carbonyl (C=O) groups excluding carboxylic acids is 1. The molecule has 1 fully saturated rings. The van der Waals surface area contributed by atoms with E-state index in [0.717, 1.165) is 26.1 Å². The van der Waals surface area contributed by atoms with Crippen LogP contribution in [0.25, 0.3) is 0 Å². The predicted molar refractivity (Wildman–Crippen MR) is 89.9 cm³/mol. The summed E-state index contributed by atoms with van der Waals surface area (Å²) in [5.41, 5.74) is 0.367. The van der Waals surface area contributed by atoms with E-state index in [1.165, 1.54) is 12.1 Å². The van der Waals surface area contributed by atoms with Crippen molar-refractivity contribution in [2.24, 2.45) is 0 Å². The third-order valence-electron chi connectivity index (χ3n) is 3.85. The molecule has 1 aromatic rings. The molecule has 1 unspecified atom stereocenters. The van der Waals surface area contributed by atoms with E-state index in [-0.39, 0.29) is 22.9 Å². The van der Waals surface area contributed by atoms with E-state index in [2.05, 4.69) is 21.9 Å². The SMILES string of the molecule is CCN1CCC(NC(=O)c2cccc(S(=O)(=O)NC(C)C)c2)C1. The van der Waals surface area contributed by atoms with Crippen LogP contribution < -0.4 is 10.0 Å². The molecule has 128 valence electrons. The van der Waals surface area contributed by atoms with Gasteiger partial charge in [-0.1, -0.05) is 13.0 Å². The Balaban J connectivity index is 2.09. The topological polar surface area (TPSA) is 78.5 Å². The lowest BCUT2D eigenvalue weighted by Crippen LogP contribution is -2.37. The van der Waals surface area contributed by atoms with Crippen LogP contribution >= 0.6 is 0 Å². The summed E-state index contributed by atoms with van der Waals surface area (Å²) in [7, 11) is -3.59. The van der Waals surface area contributed by atoms with Gasteiger partial charge in [0.1, 0.15) is 0 Å². The minimum atomic E-state index is -3.59. The number of likely N-dealkylation sites (tertiary alicyclic amines) is 1. The molecule has 23 heavy (non-hydrogen) atoms. The van der Waals surface area contributed by atoms with Crippen LogP contribution in [0.3, 0.4) is 0 Å². The quantitative estimate of drug-likeness (QED) is 0.816. The van der Waals surface area contributed by atoms with Crippen LogP contribution in [0.2, 0.25) is 0 Å². The van der Waals surface area contributed by atoms with Crippen LogP contribution in [-0.2, 0) is 10.0 Å². The lowest BCUT2D eigenvalue weighted by atomic mass is 10.2. The van der Waals surface area contributed by atoms with Crippen LogP contribution in [0, 0.1) is 0 Å². The highest BCUT2D eigenvalue weighted by Gasteiger charge is 2.23. The summed E-state index contributed by atoms with van der Waals surface area (Å²) in [5.74, 6) is -0.227. The molecule has 1 heterocycles. The predicted octanol–water partition coefficient (Wildman–Crippen LogP) is 1.20. The monoisotopic (exact) mass is 339 g/mol. The van der Waals surface area contributed by atoms with Crippen molar-refractivity contribution in [2.75, 3.05) is 19.6 Å². The van der Waals surface area contributed by atoms with E-state index in [1.54, 1.807) is 26.0 Å². The maximum absolute atomic E-state index is 12.4. The fourth-order valence-corrected chi connectivity index (χ4v) is 3.99. The Morgan fingerprint density at radius 1 is 1.39 bits per heavy atom. The van der Waals surface area contributed by atoms with E-state index in [1.807, 2.05) is 0 Å². The number of benzene rings is 1. The molecule has 0 bridgehead atoms. The zero-order valence-corrected chi connectivity index (χ0v) is 14.7. The number of likely N-dealkylation sites (N-methyl/N-ethyl adjacent to an activating group) is 1. The van der Waals surface area contributed by atoms with Gasteiger partial charge in [0.2, 0.25) is 10.0 Å². The number of nitrogens with one attached hydrogen (secondary N) is 2. The largest absolute Gasteiger partial charge is 0.348 e. The van der Waals surface area contributed by atoms with E-state index in [9.17, 15) is 13.2 Å².